The quantitative estimate of drug-likeness (QED) is 0.429. The number of nitrogens with one attached hydrogen (secondary N) is 2. The van der Waals surface area contributed by atoms with Crippen LogP contribution in [0.2, 0.25) is 0 Å². The molecule has 88 valence electrons. The van der Waals surface area contributed by atoms with Crippen molar-refractivity contribution in [2.75, 3.05) is 0 Å². The number of pyridine rings is 2. The number of rotatable bonds is 0. The first-order valence-electron chi connectivity index (χ1n) is 4.32. The Hall–Kier alpha value is -1.38. The summed E-state index contributed by atoms with van der Waals surface area (Å²) in [4.78, 5) is 5.78. The molecule has 2 nitrogen and oxygen atoms in total. The van der Waals surface area contributed by atoms with Crippen LogP contribution in [0, 0.1) is 0 Å². The zero-order chi connectivity index (χ0) is 10.5. The van der Waals surface area contributed by atoms with Crippen molar-refractivity contribution in [2.45, 2.75) is 0 Å². The van der Waals surface area contributed by atoms with Crippen LogP contribution in [0.25, 0.3) is 0 Å². The predicted molar refractivity (Wildman–Crippen MR) is 57.2 cm³/mol. The van der Waals surface area contributed by atoms with Gasteiger partial charge in [0, 0.05) is 24.3 Å². The summed E-state index contributed by atoms with van der Waals surface area (Å²) in [5, 5.41) is 0. The van der Waals surface area contributed by atoms with Crippen molar-refractivity contribution in [3.63, 3.8) is 0 Å². The average molecular weight is 259 g/mol. The number of aromatic nitrogens is 2. The number of aromatic amines is 2. The fraction of sp³-hybridized carbons (Fsp3) is 0. The van der Waals surface area contributed by atoms with E-state index in [1.807, 2.05) is 61.2 Å². The molecule has 0 aliphatic heterocycles. The molecule has 2 N–H and O–H groups in total. The smallest absolute Gasteiger partial charge is 0.166 e. The van der Waals surface area contributed by atoms with Crippen LogP contribution in [0.4, 0.5) is 0 Å². The molecule has 2 aromatic rings. The van der Waals surface area contributed by atoms with Crippen LogP contribution in [0.1, 0.15) is 0 Å². The first kappa shape index (κ1) is 20.1. The third-order valence-corrected chi connectivity index (χ3v) is 1.21. The zero-order valence-corrected chi connectivity index (χ0v) is 10.5. The summed E-state index contributed by atoms with van der Waals surface area (Å²) in [6.07, 6.45) is 7.50. The first-order valence-corrected chi connectivity index (χ1v) is 4.32. The molecule has 2 aromatic heterocycles. The maximum absolute atomic E-state index is 3.00. The molecule has 0 radical (unpaired) electrons. The average Bonchev–Trinajstić information content (AvgIpc) is 2.37. The molecular weight excluding hydrogens is 243 g/mol. The van der Waals surface area contributed by atoms with Gasteiger partial charge in [-0.1, -0.05) is 12.1 Å². The van der Waals surface area contributed by atoms with Crippen LogP contribution in [0.5, 0.6) is 0 Å². The predicted octanol–water partition coefficient (Wildman–Crippen LogP) is -4.19. The molecule has 2 heterocycles. The number of H-pyrrole nitrogens is 2. The Morgan fingerprint density at radius 2 is 0.750 bits per heavy atom. The maximum Gasteiger partial charge on any atom is 0.166 e. The molecule has 0 aliphatic carbocycles. The van der Waals surface area contributed by atoms with Crippen molar-refractivity contribution in [1.82, 2.24) is 0 Å². The lowest BCUT2D eigenvalue weighted by Gasteiger charge is -1.63. The highest BCUT2D eigenvalue weighted by Crippen LogP contribution is 1.68. The van der Waals surface area contributed by atoms with Gasteiger partial charge in [-0.3, -0.25) is 0 Å². The minimum absolute atomic E-state index is 0. The Labute approximate surface area is 109 Å². The highest BCUT2D eigenvalue weighted by molar-refractivity contribution is 4.83. The molecule has 0 fully saturated rings. The summed E-state index contributed by atoms with van der Waals surface area (Å²) < 4.78 is 0. The Morgan fingerprint density at radius 1 is 0.500 bits per heavy atom. The second-order valence-corrected chi connectivity index (χ2v) is 2.15. The van der Waals surface area contributed by atoms with Gasteiger partial charge in [0.25, 0.3) is 0 Å². The van der Waals surface area contributed by atoms with E-state index in [9.17, 15) is 0 Å². The van der Waals surface area contributed by atoms with E-state index in [0.717, 1.165) is 0 Å². The lowest BCUT2D eigenvalue weighted by molar-refractivity contribution is -0.378. The SMILES string of the molecule is C=C.[Cl-].[Cl-].c1cc[nH+]cc1.c1cc[nH+]cc1. The van der Waals surface area contributed by atoms with Crippen LogP contribution in [0.15, 0.2) is 74.3 Å². The van der Waals surface area contributed by atoms with Crippen molar-refractivity contribution in [2.24, 2.45) is 0 Å². The standard InChI is InChI=1S/2C5H5N.C2H4.2ClH/c2*1-2-4-6-5-3-1;1-2;;/h2*1-5H;1-2H2;2*1H. The third kappa shape index (κ3) is 15.1. The first-order chi connectivity index (χ1) is 7.00. The summed E-state index contributed by atoms with van der Waals surface area (Å²) in [5.41, 5.74) is 0. The van der Waals surface area contributed by atoms with Gasteiger partial charge in [-0.2, -0.15) is 0 Å². The van der Waals surface area contributed by atoms with E-state index in [1.54, 1.807) is 0 Å². The van der Waals surface area contributed by atoms with Gasteiger partial charge >= 0.3 is 0 Å². The van der Waals surface area contributed by atoms with E-state index in [0.29, 0.717) is 0 Å². The van der Waals surface area contributed by atoms with Crippen LogP contribution < -0.4 is 34.8 Å². The number of hydrogen-bond donors (Lipinski definition) is 0. The molecule has 0 bridgehead atoms. The molecule has 0 aliphatic rings. The van der Waals surface area contributed by atoms with E-state index >= 15 is 0 Å². The summed E-state index contributed by atoms with van der Waals surface area (Å²) >= 11 is 0. The highest BCUT2D eigenvalue weighted by Gasteiger charge is 1.66. The van der Waals surface area contributed by atoms with Gasteiger partial charge in [-0.25, -0.2) is 9.97 Å². The van der Waals surface area contributed by atoms with Gasteiger partial charge in [0.2, 0.25) is 0 Å². The molecule has 0 atom stereocenters. The summed E-state index contributed by atoms with van der Waals surface area (Å²) in [5.74, 6) is 0. The summed E-state index contributed by atoms with van der Waals surface area (Å²) in [6.45, 7) is 6.00. The molecule has 0 aromatic carbocycles. The van der Waals surface area contributed by atoms with Gasteiger partial charge in [0.1, 0.15) is 0 Å². The van der Waals surface area contributed by atoms with Crippen molar-refractivity contribution in [3.8, 4) is 0 Å². The van der Waals surface area contributed by atoms with Gasteiger partial charge in [0.15, 0.2) is 24.8 Å². The van der Waals surface area contributed by atoms with Gasteiger partial charge < -0.3 is 24.8 Å². The number of halogens is 2. The van der Waals surface area contributed by atoms with Crippen molar-refractivity contribution in [1.29, 1.82) is 0 Å². The van der Waals surface area contributed by atoms with E-state index in [1.165, 1.54) is 0 Å². The summed E-state index contributed by atoms with van der Waals surface area (Å²) in [6, 6.07) is 11.7. The van der Waals surface area contributed by atoms with E-state index in [-0.39, 0.29) is 24.8 Å². The Morgan fingerprint density at radius 3 is 0.812 bits per heavy atom. The molecule has 0 saturated heterocycles. The fourth-order valence-corrected chi connectivity index (χ4v) is 0.684. The van der Waals surface area contributed by atoms with Crippen LogP contribution in [-0.4, -0.2) is 0 Å². The highest BCUT2D eigenvalue weighted by atomic mass is 35.5. The lowest BCUT2D eigenvalue weighted by Crippen LogP contribution is -3.00. The van der Waals surface area contributed by atoms with Crippen molar-refractivity contribution in [3.05, 3.63) is 74.3 Å². The molecular formula is C12H16Cl2N2. The monoisotopic (exact) mass is 258 g/mol. The second kappa shape index (κ2) is 19.2. The van der Waals surface area contributed by atoms with Crippen molar-refractivity contribution >= 4 is 0 Å². The minimum Gasteiger partial charge on any atom is -1.00 e. The van der Waals surface area contributed by atoms with Gasteiger partial charge in [-0.05, 0) is 0 Å². The molecule has 0 amide bonds. The topological polar surface area (TPSA) is 28.3 Å². The van der Waals surface area contributed by atoms with Gasteiger partial charge in [0.05, 0.1) is 0 Å². The van der Waals surface area contributed by atoms with Crippen LogP contribution in [-0.2, 0) is 0 Å². The zero-order valence-electron chi connectivity index (χ0n) is 8.94. The lowest BCUT2D eigenvalue weighted by atomic mass is 10.5. The summed E-state index contributed by atoms with van der Waals surface area (Å²) in [7, 11) is 0. The Balaban J connectivity index is -0.000000165. The molecule has 0 saturated carbocycles. The second-order valence-electron chi connectivity index (χ2n) is 2.15. The van der Waals surface area contributed by atoms with Crippen molar-refractivity contribution < 1.29 is 34.8 Å². The number of hydrogen-bond acceptors (Lipinski definition) is 0. The Bertz CT molecular complexity index is 205. The van der Waals surface area contributed by atoms with E-state index in [2.05, 4.69) is 23.1 Å². The van der Waals surface area contributed by atoms with Gasteiger partial charge in [-0.15, -0.1) is 13.2 Å². The normalized spacial score (nSPS) is 6.25. The molecule has 2 rings (SSSR count). The van der Waals surface area contributed by atoms with E-state index in [4.69, 9.17) is 0 Å². The largest absolute Gasteiger partial charge is 1.00 e. The van der Waals surface area contributed by atoms with Crippen LogP contribution >= 0.6 is 0 Å². The maximum atomic E-state index is 3.00. The Kier molecular flexibility index (Phi) is 24.1. The molecule has 16 heavy (non-hydrogen) atoms. The molecule has 0 unspecified atom stereocenters. The fourth-order valence-electron chi connectivity index (χ4n) is 0.684. The van der Waals surface area contributed by atoms with Crippen LogP contribution in [0.3, 0.4) is 0 Å². The minimum atomic E-state index is 0. The van der Waals surface area contributed by atoms with E-state index < -0.39 is 0 Å². The third-order valence-electron chi connectivity index (χ3n) is 1.21. The molecule has 0 spiro atoms. The molecule has 4 heteroatoms.